The van der Waals surface area contributed by atoms with Gasteiger partial charge in [0.25, 0.3) is 0 Å². The van der Waals surface area contributed by atoms with E-state index in [-0.39, 0.29) is 5.91 Å². The van der Waals surface area contributed by atoms with Crippen molar-refractivity contribution in [1.29, 1.82) is 0 Å². The molecule has 18 heavy (non-hydrogen) atoms. The minimum atomic E-state index is -0.218. The Labute approximate surface area is 107 Å². The van der Waals surface area contributed by atoms with Crippen molar-refractivity contribution in [3.63, 3.8) is 0 Å². The second-order valence-electron chi connectivity index (χ2n) is 3.82. The molecule has 88 valence electrons. The number of anilines is 1. The molecule has 0 aliphatic heterocycles. The second-order valence-corrected chi connectivity index (χ2v) is 3.82. The molecule has 2 rings (SSSR count). The predicted octanol–water partition coefficient (Wildman–Crippen LogP) is 2.70. The Morgan fingerprint density at radius 2 is 1.50 bits per heavy atom. The van der Waals surface area contributed by atoms with Gasteiger partial charge in [0.2, 0.25) is 0 Å². The van der Waals surface area contributed by atoms with Crippen LogP contribution in [-0.4, -0.2) is 13.0 Å². The predicted molar refractivity (Wildman–Crippen MR) is 73.2 cm³/mol. The van der Waals surface area contributed by atoms with E-state index >= 15 is 0 Å². The number of para-hydroxylation sites is 1. The van der Waals surface area contributed by atoms with Crippen molar-refractivity contribution in [3.8, 4) is 11.8 Å². The second kappa shape index (κ2) is 5.70. The maximum atomic E-state index is 11.9. The molecule has 1 amide bonds. The first kappa shape index (κ1) is 11.9. The molecule has 0 saturated heterocycles. The lowest BCUT2D eigenvalue weighted by Crippen LogP contribution is -2.24. The quantitative estimate of drug-likeness (QED) is 0.696. The minimum Gasteiger partial charge on any atom is -0.305 e. The van der Waals surface area contributed by atoms with Crippen molar-refractivity contribution in [2.45, 2.75) is 0 Å². The fourth-order valence-corrected chi connectivity index (χ4v) is 1.50. The van der Waals surface area contributed by atoms with Gasteiger partial charge in [-0.25, -0.2) is 0 Å². The van der Waals surface area contributed by atoms with Gasteiger partial charge in [0.1, 0.15) is 0 Å². The summed E-state index contributed by atoms with van der Waals surface area (Å²) in [4.78, 5) is 13.4. The molecule has 2 heteroatoms. The normalized spacial score (nSPS) is 9.17. The van der Waals surface area contributed by atoms with Gasteiger partial charge in [-0.1, -0.05) is 42.3 Å². The Hall–Kier alpha value is -2.53. The van der Waals surface area contributed by atoms with Gasteiger partial charge in [0, 0.05) is 24.2 Å². The van der Waals surface area contributed by atoms with Crippen LogP contribution < -0.4 is 4.90 Å². The van der Waals surface area contributed by atoms with Crippen LogP contribution in [0.5, 0.6) is 0 Å². The summed E-state index contributed by atoms with van der Waals surface area (Å²) in [5.41, 5.74) is 1.68. The molecule has 0 saturated carbocycles. The van der Waals surface area contributed by atoms with E-state index in [0.717, 1.165) is 11.3 Å². The molecule has 0 spiro atoms. The molecule has 2 aromatic carbocycles. The number of hydrogen-bond acceptors (Lipinski definition) is 1. The Bertz CT molecular complexity index is 579. The fraction of sp³-hybridized carbons (Fsp3) is 0.0625. The molecular formula is C16H13NO. The fourth-order valence-electron chi connectivity index (χ4n) is 1.50. The Balaban J connectivity index is 2.12. The van der Waals surface area contributed by atoms with Gasteiger partial charge in [-0.3, -0.25) is 4.79 Å². The van der Waals surface area contributed by atoms with Crippen LogP contribution in [0.1, 0.15) is 5.56 Å². The zero-order valence-electron chi connectivity index (χ0n) is 10.1. The van der Waals surface area contributed by atoms with Crippen molar-refractivity contribution in [1.82, 2.24) is 0 Å². The summed E-state index contributed by atoms with van der Waals surface area (Å²) in [6, 6.07) is 18.9. The summed E-state index contributed by atoms with van der Waals surface area (Å²) >= 11 is 0. The molecule has 0 aliphatic carbocycles. The average Bonchev–Trinajstić information content (AvgIpc) is 2.46. The summed E-state index contributed by atoms with van der Waals surface area (Å²) in [7, 11) is 1.72. The molecule has 0 bridgehead atoms. The van der Waals surface area contributed by atoms with E-state index in [1.54, 1.807) is 7.05 Å². The molecule has 0 unspecified atom stereocenters. The van der Waals surface area contributed by atoms with E-state index in [2.05, 4.69) is 11.8 Å². The number of nitrogens with zero attached hydrogens (tertiary/aromatic N) is 1. The first-order chi connectivity index (χ1) is 8.77. The number of rotatable bonds is 1. The first-order valence-electron chi connectivity index (χ1n) is 5.67. The Morgan fingerprint density at radius 1 is 0.944 bits per heavy atom. The van der Waals surface area contributed by atoms with E-state index in [1.165, 1.54) is 4.90 Å². The SMILES string of the molecule is CN(C(=O)C#Cc1ccccc1)c1ccccc1. The van der Waals surface area contributed by atoms with Gasteiger partial charge in [-0.05, 0) is 24.3 Å². The summed E-state index contributed by atoms with van der Waals surface area (Å²) < 4.78 is 0. The van der Waals surface area contributed by atoms with Crippen LogP contribution in [0.25, 0.3) is 0 Å². The molecule has 0 N–H and O–H groups in total. The van der Waals surface area contributed by atoms with Crippen LogP contribution in [0.15, 0.2) is 60.7 Å². The highest BCUT2D eigenvalue weighted by Gasteiger charge is 2.06. The lowest BCUT2D eigenvalue weighted by molar-refractivity contribution is -0.113. The van der Waals surface area contributed by atoms with Gasteiger partial charge >= 0.3 is 5.91 Å². The molecule has 0 radical (unpaired) electrons. The monoisotopic (exact) mass is 235 g/mol. The third-order valence-electron chi connectivity index (χ3n) is 2.54. The minimum absolute atomic E-state index is 0.218. The van der Waals surface area contributed by atoms with Crippen molar-refractivity contribution in [2.75, 3.05) is 11.9 Å². The maximum Gasteiger partial charge on any atom is 0.302 e. The molecule has 0 heterocycles. The van der Waals surface area contributed by atoms with Crippen LogP contribution in [0.3, 0.4) is 0 Å². The Kier molecular flexibility index (Phi) is 3.78. The van der Waals surface area contributed by atoms with E-state index in [9.17, 15) is 4.79 Å². The van der Waals surface area contributed by atoms with E-state index in [1.807, 2.05) is 60.7 Å². The van der Waals surface area contributed by atoms with Gasteiger partial charge < -0.3 is 4.90 Å². The van der Waals surface area contributed by atoms with E-state index < -0.39 is 0 Å². The van der Waals surface area contributed by atoms with Gasteiger partial charge in [0.15, 0.2) is 0 Å². The molecule has 2 aromatic rings. The summed E-state index contributed by atoms with van der Waals surface area (Å²) in [6.45, 7) is 0. The topological polar surface area (TPSA) is 20.3 Å². The van der Waals surface area contributed by atoms with Gasteiger partial charge in [0.05, 0.1) is 0 Å². The van der Waals surface area contributed by atoms with E-state index in [4.69, 9.17) is 0 Å². The maximum absolute atomic E-state index is 11.9. The highest BCUT2D eigenvalue weighted by Crippen LogP contribution is 2.10. The third kappa shape index (κ3) is 2.99. The van der Waals surface area contributed by atoms with Gasteiger partial charge in [-0.15, -0.1) is 0 Å². The summed E-state index contributed by atoms with van der Waals surface area (Å²) in [5, 5.41) is 0. The Morgan fingerprint density at radius 3 is 2.11 bits per heavy atom. The van der Waals surface area contributed by atoms with Crippen molar-refractivity contribution in [2.24, 2.45) is 0 Å². The molecule has 0 aliphatic rings. The highest BCUT2D eigenvalue weighted by atomic mass is 16.2. The molecule has 0 fully saturated rings. The zero-order chi connectivity index (χ0) is 12.8. The van der Waals surface area contributed by atoms with Crippen LogP contribution in [0.2, 0.25) is 0 Å². The van der Waals surface area contributed by atoms with Crippen LogP contribution in [-0.2, 0) is 4.79 Å². The number of amides is 1. The number of carbonyl (C=O) groups is 1. The highest BCUT2D eigenvalue weighted by molar-refractivity contribution is 6.05. The lowest BCUT2D eigenvalue weighted by atomic mass is 10.2. The van der Waals surface area contributed by atoms with Crippen molar-refractivity contribution >= 4 is 11.6 Å². The summed E-state index contributed by atoms with van der Waals surface area (Å²) in [5.74, 6) is 5.27. The van der Waals surface area contributed by atoms with E-state index in [0.29, 0.717) is 0 Å². The molecule has 0 atom stereocenters. The lowest BCUT2D eigenvalue weighted by Gasteiger charge is -2.13. The average molecular weight is 235 g/mol. The number of benzene rings is 2. The van der Waals surface area contributed by atoms with Crippen molar-refractivity contribution < 1.29 is 4.79 Å². The number of carbonyl (C=O) groups excluding carboxylic acids is 1. The van der Waals surface area contributed by atoms with Crippen molar-refractivity contribution in [3.05, 3.63) is 66.2 Å². The first-order valence-corrected chi connectivity index (χ1v) is 5.67. The van der Waals surface area contributed by atoms with Gasteiger partial charge in [-0.2, -0.15) is 0 Å². The largest absolute Gasteiger partial charge is 0.305 e. The smallest absolute Gasteiger partial charge is 0.302 e. The summed E-state index contributed by atoms with van der Waals surface area (Å²) in [6.07, 6.45) is 0. The van der Waals surface area contributed by atoms with Crippen LogP contribution in [0.4, 0.5) is 5.69 Å². The molecule has 2 nitrogen and oxygen atoms in total. The zero-order valence-corrected chi connectivity index (χ0v) is 10.1. The molecule has 0 aromatic heterocycles. The number of hydrogen-bond donors (Lipinski definition) is 0. The molecular weight excluding hydrogens is 222 g/mol. The van der Waals surface area contributed by atoms with Crippen LogP contribution in [0, 0.1) is 11.8 Å². The third-order valence-corrected chi connectivity index (χ3v) is 2.54. The van der Waals surface area contributed by atoms with Crippen LogP contribution >= 0.6 is 0 Å². The standard InChI is InChI=1S/C16H13NO/c1-17(15-10-6-3-7-11-15)16(18)13-12-14-8-4-2-5-9-14/h2-11H,1H3.